The topological polar surface area (TPSA) is 67.9 Å². The van der Waals surface area contributed by atoms with E-state index in [2.05, 4.69) is 33.4 Å². The van der Waals surface area contributed by atoms with Crippen LogP contribution < -0.4 is 5.32 Å². The molecule has 0 radical (unpaired) electrons. The number of benzene rings is 1. The van der Waals surface area contributed by atoms with Crippen molar-refractivity contribution in [3.63, 3.8) is 0 Å². The molecule has 1 aromatic rings. The van der Waals surface area contributed by atoms with Crippen LogP contribution in [0, 0.1) is 5.92 Å². The lowest BCUT2D eigenvalue weighted by molar-refractivity contribution is -0.130. The van der Waals surface area contributed by atoms with Crippen LogP contribution in [0.3, 0.4) is 0 Å². The van der Waals surface area contributed by atoms with E-state index in [0.717, 1.165) is 22.9 Å². The predicted molar refractivity (Wildman–Crippen MR) is 105 cm³/mol. The van der Waals surface area contributed by atoms with Gasteiger partial charge in [0.2, 0.25) is 5.91 Å². The molecule has 0 unspecified atom stereocenters. The Kier molecular flexibility index (Phi) is 6.76. The number of halogens is 1. The van der Waals surface area contributed by atoms with Crippen LogP contribution in [-0.4, -0.2) is 49.8 Å². The highest BCUT2D eigenvalue weighted by atomic mass is 79.9. The molecule has 0 spiro atoms. The molecular weight excluding hydrogens is 412 g/mol. The van der Waals surface area contributed by atoms with E-state index in [0.29, 0.717) is 45.8 Å². The number of rotatable bonds is 4. The molecule has 2 saturated heterocycles. The van der Waals surface area contributed by atoms with Crippen molar-refractivity contribution in [2.75, 3.05) is 32.9 Å². The van der Waals surface area contributed by atoms with Gasteiger partial charge in [0, 0.05) is 36.7 Å². The minimum Gasteiger partial charge on any atom is -0.450 e. The quantitative estimate of drug-likeness (QED) is 0.781. The first-order valence-electron chi connectivity index (χ1n) is 9.61. The van der Waals surface area contributed by atoms with Crippen molar-refractivity contribution in [3.05, 3.63) is 34.3 Å². The van der Waals surface area contributed by atoms with Gasteiger partial charge in [-0.2, -0.15) is 0 Å². The second kappa shape index (κ2) is 9.06. The number of piperidine rings is 1. The summed E-state index contributed by atoms with van der Waals surface area (Å²) in [5.41, 5.74) is 0.736. The molecule has 2 fully saturated rings. The smallest absolute Gasteiger partial charge is 0.409 e. The number of amides is 2. The molecule has 2 aliphatic rings. The van der Waals surface area contributed by atoms with Gasteiger partial charge in [0.1, 0.15) is 0 Å². The minimum absolute atomic E-state index is 0.0725. The summed E-state index contributed by atoms with van der Waals surface area (Å²) in [5, 5.41) is 3.34. The summed E-state index contributed by atoms with van der Waals surface area (Å²) < 4.78 is 11.6. The molecule has 2 aliphatic heterocycles. The van der Waals surface area contributed by atoms with Gasteiger partial charge in [0.15, 0.2) is 0 Å². The normalized spacial score (nSPS) is 20.1. The monoisotopic (exact) mass is 438 g/mol. The van der Waals surface area contributed by atoms with E-state index in [9.17, 15) is 9.59 Å². The Balaban J connectivity index is 1.65. The lowest BCUT2D eigenvalue weighted by atomic mass is 9.81. The van der Waals surface area contributed by atoms with Gasteiger partial charge in [-0.15, -0.1) is 0 Å². The first kappa shape index (κ1) is 20.1. The third-order valence-corrected chi connectivity index (χ3v) is 6.03. The lowest BCUT2D eigenvalue weighted by Crippen LogP contribution is -2.52. The summed E-state index contributed by atoms with van der Waals surface area (Å²) in [7, 11) is 0. The van der Waals surface area contributed by atoms with E-state index < -0.39 is 0 Å². The van der Waals surface area contributed by atoms with Gasteiger partial charge in [-0.1, -0.05) is 28.1 Å². The highest BCUT2D eigenvalue weighted by molar-refractivity contribution is 9.10. The largest absolute Gasteiger partial charge is 0.450 e. The molecule has 0 bridgehead atoms. The molecule has 6 nitrogen and oxygen atoms in total. The SMILES string of the molecule is CCOC(=O)N1CCC(C(=O)NC2(c3ccc(Br)cc3)CCOCC2)CC1. The van der Waals surface area contributed by atoms with Crippen molar-refractivity contribution in [1.82, 2.24) is 10.2 Å². The summed E-state index contributed by atoms with van der Waals surface area (Å²) in [6.07, 6.45) is 2.58. The number of carbonyl (C=O) groups is 2. The zero-order valence-electron chi connectivity index (χ0n) is 15.7. The number of hydrogen-bond donors (Lipinski definition) is 1. The highest BCUT2D eigenvalue weighted by Crippen LogP contribution is 2.34. The van der Waals surface area contributed by atoms with Gasteiger partial charge in [0.25, 0.3) is 0 Å². The summed E-state index contributed by atoms with van der Waals surface area (Å²) in [6.45, 7) is 4.57. The van der Waals surface area contributed by atoms with Crippen LogP contribution >= 0.6 is 15.9 Å². The van der Waals surface area contributed by atoms with Crippen molar-refractivity contribution >= 4 is 27.9 Å². The van der Waals surface area contributed by atoms with Gasteiger partial charge < -0.3 is 19.7 Å². The van der Waals surface area contributed by atoms with E-state index in [1.807, 2.05) is 12.1 Å². The van der Waals surface area contributed by atoms with Crippen molar-refractivity contribution in [2.24, 2.45) is 5.92 Å². The number of carbonyl (C=O) groups excluding carboxylic acids is 2. The summed E-state index contributed by atoms with van der Waals surface area (Å²) in [4.78, 5) is 26.5. The standard InChI is InChI=1S/C20H27BrN2O4/c1-2-27-19(25)23-11-7-15(8-12-23)18(24)22-20(9-13-26-14-10-20)16-3-5-17(21)6-4-16/h3-6,15H,2,7-14H2,1H3,(H,22,24). The van der Waals surface area contributed by atoms with Crippen LogP contribution in [0.15, 0.2) is 28.7 Å². The van der Waals surface area contributed by atoms with Gasteiger partial charge in [-0.25, -0.2) is 4.79 Å². The molecule has 7 heteroatoms. The van der Waals surface area contributed by atoms with Gasteiger partial charge in [0.05, 0.1) is 12.1 Å². The van der Waals surface area contributed by atoms with Crippen molar-refractivity contribution < 1.29 is 19.1 Å². The number of likely N-dealkylation sites (tertiary alicyclic amines) is 1. The van der Waals surface area contributed by atoms with Gasteiger partial charge >= 0.3 is 6.09 Å². The van der Waals surface area contributed by atoms with Crippen molar-refractivity contribution in [3.8, 4) is 0 Å². The molecule has 1 aromatic carbocycles. The Morgan fingerprint density at radius 1 is 1.22 bits per heavy atom. The summed E-state index contributed by atoms with van der Waals surface area (Å²) in [5.74, 6) is -0.00540. The molecule has 0 aliphatic carbocycles. The second-order valence-corrected chi connectivity index (χ2v) is 8.07. The van der Waals surface area contributed by atoms with Crippen LogP contribution in [0.5, 0.6) is 0 Å². The number of nitrogens with zero attached hydrogens (tertiary/aromatic N) is 1. The Bertz CT molecular complexity index is 650. The predicted octanol–water partition coefficient (Wildman–Crippen LogP) is 3.44. The average molecular weight is 439 g/mol. The molecule has 2 amide bonds. The molecule has 27 heavy (non-hydrogen) atoms. The van der Waals surface area contributed by atoms with Crippen molar-refractivity contribution in [2.45, 2.75) is 38.1 Å². The number of hydrogen-bond acceptors (Lipinski definition) is 4. The van der Waals surface area contributed by atoms with E-state index >= 15 is 0 Å². The third-order valence-electron chi connectivity index (χ3n) is 5.50. The second-order valence-electron chi connectivity index (χ2n) is 7.15. The number of nitrogens with one attached hydrogen (secondary N) is 1. The average Bonchev–Trinajstić information content (AvgIpc) is 2.69. The maximum Gasteiger partial charge on any atom is 0.409 e. The fourth-order valence-electron chi connectivity index (χ4n) is 3.85. The van der Waals surface area contributed by atoms with E-state index in [4.69, 9.17) is 9.47 Å². The first-order chi connectivity index (χ1) is 13.0. The maximum absolute atomic E-state index is 13.0. The third kappa shape index (κ3) is 4.82. The molecule has 0 atom stereocenters. The first-order valence-corrected chi connectivity index (χ1v) is 10.4. The minimum atomic E-state index is -0.381. The Hall–Kier alpha value is -1.60. The zero-order chi connectivity index (χ0) is 19.3. The molecule has 0 saturated carbocycles. The number of ether oxygens (including phenoxy) is 2. The summed E-state index contributed by atoms with van der Waals surface area (Å²) in [6, 6.07) is 8.16. The molecule has 1 N–H and O–H groups in total. The Labute approximate surface area is 168 Å². The zero-order valence-corrected chi connectivity index (χ0v) is 17.3. The fraction of sp³-hybridized carbons (Fsp3) is 0.600. The summed E-state index contributed by atoms with van der Waals surface area (Å²) >= 11 is 3.47. The van der Waals surface area contributed by atoms with Crippen LogP contribution in [0.4, 0.5) is 4.79 Å². The molecule has 148 valence electrons. The van der Waals surface area contributed by atoms with Crippen LogP contribution in [0.25, 0.3) is 0 Å². The van der Waals surface area contributed by atoms with E-state index in [1.165, 1.54) is 0 Å². The Morgan fingerprint density at radius 2 is 1.85 bits per heavy atom. The van der Waals surface area contributed by atoms with Gasteiger partial charge in [-0.3, -0.25) is 4.79 Å². The lowest BCUT2D eigenvalue weighted by Gasteiger charge is -2.40. The molecule has 0 aromatic heterocycles. The van der Waals surface area contributed by atoms with E-state index in [1.54, 1.807) is 11.8 Å². The van der Waals surface area contributed by atoms with Crippen molar-refractivity contribution in [1.29, 1.82) is 0 Å². The van der Waals surface area contributed by atoms with Crippen LogP contribution in [0.1, 0.15) is 38.2 Å². The van der Waals surface area contributed by atoms with Crippen LogP contribution in [0.2, 0.25) is 0 Å². The van der Waals surface area contributed by atoms with Crippen LogP contribution in [-0.2, 0) is 19.8 Å². The van der Waals surface area contributed by atoms with Gasteiger partial charge in [-0.05, 0) is 50.3 Å². The highest BCUT2D eigenvalue weighted by Gasteiger charge is 2.38. The Morgan fingerprint density at radius 3 is 2.44 bits per heavy atom. The van der Waals surface area contributed by atoms with E-state index in [-0.39, 0.29) is 23.5 Å². The molecule has 2 heterocycles. The molecular formula is C20H27BrN2O4. The fourth-order valence-corrected chi connectivity index (χ4v) is 4.12. The molecule has 3 rings (SSSR count). The maximum atomic E-state index is 13.0.